The van der Waals surface area contributed by atoms with E-state index in [-0.39, 0.29) is 17.9 Å². The van der Waals surface area contributed by atoms with Crippen molar-refractivity contribution in [3.63, 3.8) is 0 Å². The van der Waals surface area contributed by atoms with Crippen LogP contribution < -0.4 is 14.2 Å². The van der Waals surface area contributed by atoms with Crippen molar-refractivity contribution in [3.8, 4) is 17.2 Å². The lowest BCUT2D eigenvalue weighted by molar-refractivity contribution is -0.140. The van der Waals surface area contributed by atoms with E-state index in [1.165, 1.54) is 19.1 Å². The van der Waals surface area contributed by atoms with Gasteiger partial charge in [-0.2, -0.15) is 0 Å². The van der Waals surface area contributed by atoms with Crippen molar-refractivity contribution >= 4 is 17.4 Å². The van der Waals surface area contributed by atoms with E-state index in [4.69, 9.17) is 14.2 Å². The Morgan fingerprint density at radius 3 is 2.23 bits per heavy atom. The molecule has 0 bridgehead atoms. The summed E-state index contributed by atoms with van der Waals surface area (Å²) in [6, 6.07) is 19.0. The number of aliphatic hydroxyl groups is 1. The first-order valence-corrected chi connectivity index (χ1v) is 11.1. The fourth-order valence-corrected chi connectivity index (χ4v) is 4.30. The van der Waals surface area contributed by atoms with Crippen molar-refractivity contribution in [2.45, 2.75) is 19.5 Å². The number of hydrogen-bond acceptors (Lipinski definition) is 6. The number of likely N-dealkylation sites (tertiary alicyclic amines) is 1. The summed E-state index contributed by atoms with van der Waals surface area (Å²) in [5.74, 6) is -0.102. The quantitative estimate of drug-likeness (QED) is 0.306. The van der Waals surface area contributed by atoms with Crippen molar-refractivity contribution in [2.24, 2.45) is 0 Å². The highest BCUT2D eigenvalue weighted by Crippen LogP contribution is 2.41. The van der Waals surface area contributed by atoms with E-state index in [9.17, 15) is 14.7 Å². The van der Waals surface area contributed by atoms with Gasteiger partial charge in [-0.15, -0.1) is 0 Å². The smallest absolute Gasteiger partial charge is 0.295 e. The summed E-state index contributed by atoms with van der Waals surface area (Å²) >= 11 is 0. The van der Waals surface area contributed by atoms with Gasteiger partial charge in [0.05, 0.1) is 32.9 Å². The lowest BCUT2D eigenvalue weighted by atomic mass is 9.94. The maximum atomic E-state index is 13.3. The van der Waals surface area contributed by atoms with E-state index < -0.39 is 17.7 Å². The van der Waals surface area contributed by atoms with Crippen LogP contribution in [0.1, 0.15) is 28.3 Å². The summed E-state index contributed by atoms with van der Waals surface area (Å²) in [6.07, 6.45) is 0. The zero-order chi connectivity index (χ0) is 25.1. The van der Waals surface area contributed by atoms with Crippen molar-refractivity contribution < 1.29 is 28.9 Å². The molecule has 180 valence electrons. The van der Waals surface area contributed by atoms with E-state index in [1.54, 1.807) is 37.4 Å². The maximum Gasteiger partial charge on any atom is 0.295 e. The lowest BCUT2D eigenvalue weighted by Gasteiger charge is -2.26. The van der Waals surface area contributed by atoms with Gasteiger partial charge in [0.25, 0.3) is 11.7 Å². The van der Waals surface area contributed by atoms with E-state index in [0.717, 1.165) is 16.7 Å². The fourth-order valence-electron chi connectivity index (χ4n) is 4.30. The first kappa shape index (κ1) is 23.9. The molecule has 1 aliphatic rings. The predicted molar refractivity (Wildman–Crippen MR) is 132 cm³/mol. The van der Waals surface area contributed by atoms with Crippen molar-refractivity contribution in [3.05, 3.63) is 94.6 Å². The van der Waals surface area contributed by atoms with Crippen LogP contribution in [0.4, 0.5) is 0 Å². The van der Waals surface area contributed by atoms with Crippen LogP contribution in [0.3, 0.4) is 0 Å². The van der Waals surface area contributed by atoms with E-state index in [0.29, 0.717) is 22.8 Å². The first-order valence-electron chi connectivity index (χ1n) is 11.1. The third-order valence-corrected chi connectivity index (χ3v) is 6.07. The molecule has 0 spiro atoms. The summed E-state index contributed by atoms with van der Waals surface area (Å²) in [5, 5.41) is 11.3. The van der Waals surface area contributed by atoms with Gasteiger partial charge in [0.15, 0.2) is 11.5 Å². The van der Waals surface area contributed by atoms with Gasteiger partial charge in [0.2, 0.25) is 0 Å². The number of methoxy groups -OCH3 is 3. The highest BCUT2D eigenvalue weighted by Gasteiger charge is 2.46. The number of rotatable bonds is 7. The molecule has 1 atom stereocenters. The standard InChI is InChI=1S/C28H27NO6/c1-17-6-5-7-19(14-17)25-24(26(30)20-10-13-22(34-3)23(15-20)35-4)27(31)28(32)29(25)16-18-8-11-21(33-2)12-9-18/h5-15,25,30H,16H2,1-4H3/b26-24-. The van der Waals surface area contributed by atoms with Gasteiger partial charge in [-0.25, -0.2) is 0 Å². The molecule has 1 saturated heterocycles. The molecule has 3 aromatic carbocycles. The van der Waals surface area contributed by atoms with Crippen LogP contribution in [0, 0.1) is 6.92 Å². The maximum absolute atomic E-state index is 13.3. The second-order valence-electron chi connectivity index (χ2n) is 8.26. The SMILES string of the molecule is COc1ccc(CN2C(=O)C(=O)/C(=C(\O)c3ccc(OC)c(OC)c3)C2c2cccc(C)c2)cc1. The van der Waals surface area contributed by atoms with Gasteiger partial charge in [0, 0.05) is 12.1 Å². The Morgan fingerprint density at radius 1 is 0.886 bits per heavy atom. The average Bonchev–Trinajstić information content (AvgIpc) is 3.13. The van der Waals surface area contributed by atoms with Crippen molar-refractivity contribution in [1.82, 2.24) is 4.90 Å². The molecular weight excluding hydrogens is 446 g/mol. The molecule has 0 aliphatic carbocycles. The topological polar surface area (TPSA) is 85.3 Å². The number of Topliss-reactive ketones (excluding diaryl/α,β-unsaturated/α-hetero) is 1. The Kier molecular flexibility index (Phi) is 6.78. The van der Waals surface area contributed by atoms with E-state index in [2.05, 4.69) is 0 Å². The number of aliphatic hydroxyl groups excluding tert-OH is 1. The minimum atomic E-state index is -0.759. The molecule has 1 amide bonds. The number of nitrogens with zero attached hydrogens (tertiary/aromatic N) is 1. The van der Waals surface area contributed by atoms with Crippen molar-refractivity contribution in [1.29, 1.82) is 0 Å². The minimum Gasteiger partial charge on any atom is -0.507 e. The molecule has 3 aromatic rings. The number of carbonyl (C=O) groups excluding carboxylic acids is 2. The van der Waals surface area contributed by atoms with Gasteiger partial charge >= 0.3 is 0 Å². The zero-order valence-corrected chi connectivity index (χ0v) is 20.1. The molecule has 7 heteroatoms. The Morgan fingerprint density at radius 2 is 1.60 bits per heavy atom. The molecule has 0 aromatic heterocycles. The van der Waals surface area contributed by atoms with Gasteiger partial charge in [-0.1, -0.05) is 42.0 Å². The second-order valence-corrected chi connectivity index (χ2v) is 8.26. The number of hydrogen-bond donors (Lipinski definition) is 1. The third kappa shape index (κ3) is 4.57. The van der Waals surface area contributed by atoms with Crippen LogP contribution in [0.15, 0.2) is 72.3 Å². The Hall–Kier alpha value is -4.26. The number of benzene rings is 3. The van der Waals surface area contributed by atoms with Crippen LogP contribution in [0.5, 0.6) is 17.2 Å². The highest BCUT2D eigenvalue weighted by molar-refractivity contribution is 6.46. The van der Waals surface area contributed by atoms with Gasteiger partial charge in [-0.05, 0) is 48.4 Å². The molecule has 0 saturated carbocycles. The van der Waals surface area contributed by atoms with Crippen LogP contribution in [-0.2, 0) is 16.1 Å². The second kappa shape index (κ2) is 9.93. The molecule has 7 nitrogen and oxygen atoms in total. The number of carbonyl (C=O) groups is 2. The van der Waals surface area contributed by atoms with Gasteiger partial charge < -0.3 is 24.2 Å². The van der Waals surface area contributed by atoms with Crippen LogP contribution in [0.25, 0.3) is 5.76 Å². The number of ketones is 1. The van der Waals surface area contributed by atoms with Crippen LogP contribution in [0.2, 0.25) is 0 Å². The molecule has 35 heavy (non-hydrogen) atoms. The molecule has 1 N–H and O–H groups in total. The molecule has 1 fully saturated rings. The molecule has 1 aliphatic heterocycles. The summed E-state index contributed by atoms with van der Waals surface area (Å²) in [7, 11) is 4.58. The lowest BCUT2D eigenvalue weighted by Crippen LogP contribution is -2.29. The van der Waals surface area contributed by atoms with E-state index >= 15 is 0 Å². The van der Waals surface area contributed by atoms with Crippen LogP contribution >= 0.6 is 0 Å². The predicted octanol–water partition coefficient (Wildman–Crippen LogP) is 4.64. The number of aryl methyl sites for hydroxylation is 1. The molecule has 4 rings (SSSR count). The molecule has 1 heterocycles. The Labute approximate surface area is 204 Å². The molecule has 1 unspecified atom stereocenters. The summed E-state index contributed by atoms with van der Waals surface area (Å²) in [4.78, 5) is 28.0. The Balaban J connectivity index is 1.84. The average molecular weight is 474 g/mol. The first-order chi connectivity index (χ1) is 16.9. The molecular formula is C28H27NO6. The third-order valence-electron chi connectivity index (χ3n) is 6.07. The highest BCUT2D eigenvalue weighted by atomic mass is 16.5. The summed E-state index contributed by atoms with van der Waals surface area (Å²) in [6.45, 7) is 2.13. The largest absolute Gasteiger partial charge is 0.507 e. The molecule has 0 radical (unpaired) electrons. The number of amides is 1. The minimum absolute atomic E-state index is 0.0290. The zero-order valence-electron chi connectivity index (χ0n) is 20.1. The Bertz CT molecular complexity index is 1300. The van der Waals surface area contributed by atoms with Crippen LogP contribution in [-0.4, -0.2) is 43.0 Å². The summed E-state index contributed by atoms with van der Waals surface area (Å²) in [5.41, 5.74) is 2.92. The number of ether oxygens (including phenoxy) is 3. The fraction of sp³-hybridized carbons (Fsp3) is 0.214. The van der Waals surface area contributed by atoms with Gasteiger partial charge in [-0.3, -0.25) is 9.59 Å². The summed E-state index contributed by atoms with van der Waals surface area (Å²) < 4.78 is 15.8. The normalized spacial score (nSPS) is 16.9. The van der Waals surface area contributed by atoms with E-state index in [1.807, 2.05) is 43.3 Å². The monoisotopic (exact) mass is 473 g/mol. The van der Waals surface area contributed by atoms with Gasteiger partial charge in [0.1, 0.15) is 11.5 Å². The van der Waals surface area contributed by atoms with Crippen molar-refractivity contribution in [2.75, 3.05) is 21.3 Å².